The van der Waals surface area contributed by atoms with Gasteiger partial charge in [0.15, 0.2) is 0 Å². The van der Waals surface area contributed by atoms with Crippen LogP contribution in [0.25, 0.3) is 0 Å². The van der Waals surface area contributed by atoms with Crippen molar-refractivity contribution in [2.45, 2.75) is 39.5 Å². The van der Waals surface area contributed by atoms with Crippen LogP contribution in [-0.2, 0) is 12.8 Å². The van der Waals surface area contributed by atoms with Gasteiger partial charge in [-0.25, -0.2) is 9.19 Å². The van der Waals surface area contributed by atoms with Gasteiger partial charge in [-0.05, 0) is 73.7 Å². The Bertz CT molecular complexity index is 1260. The predicted molar refractivity (Wildman–Crippen MR) is 150 cm³/mol. The van der Waals surface area contributed by atoms with Crippen LogP contribution in [-0.4, -0.2) is 36.2 Å². The number of ether oxygens (including phenoxy) is 3. The van der Waals surface area contributed by atoms with E-state index in [9.17, 15) is 9.90 Å². The highest BCUT2D eigenvalue weighted by Crippen LogP contribution is 2.34. The van der Waals surface area contributed by atoms with Gasteiger partial charge in [0.05, 0.1) is 18.9 Å². The third-order valence-corrected chi connectivity index (χ3v) is 5.93. The number of para-hydroxylation sites is 1. The molecule has 0 aromatic heterocycles. The molecule has 0 atom stereocenters. The number of aromatic carboxylic acids is 1. The highest BCUT2D eigenvalue weighted by molar-refractivity contribution is 7.79. The van der Waals surface area contributed by atoms with E-state index in [4.69, 9.17) is 19.6 Å². The summed E-state index contributed by atoms with van der Waals surface area (Å²) >= 11 is 3.93. The summed E-state index contributed by atoms with van der Waals surface area (Å²) in [6.07, 6.45) is 4.25. The van der Waals surface area contributed by atoms with E-state index >= 15 is 0 Å². The first-order chi connectivity index (χ1) is 18.0. The second kappa shape index (κ2) is 14.1. The molecule has 37 heavy (non-hydrogen) atoms. The summed E-state index contributed by atoms with van der Waals surface area (Å²) in [7, 11) is 0. The lowest BCUT2D eigenvalue weighted by Crippen LogP contribution is -2.08. The third-order valence-electron chi connectivity index (χ3n) is 5.71. The summed E-state index contributed by atoms with van der Waals surface area (Å²) in [5, 5.41) is 16.9. The molecule has 8 heteroatoms. The highest BCUT2D eigenvalue weighted by Gasteiger charge is 2.15. The molecule has 0 bridgehead atoms. The topological polar surface area (TPSA) is 101 Å². The quantitative estimate of drug-likeness (QED) is 0.123. The average molecular weight is 521 g/mol. The number of aryl methyl sites for hydroxylation is 1. The van der Waals surface area contributed by atoms with Crippen molar-refractivity contribution in [1.29, 1.82) is 5.41 Å². The van der Waals surface area contributed by atoms with Gasteiger partial charge in [-0.2, -0.15) is 0 Å². The molecule has 2 N–H and O–H groups in total. The molecule has 3 rings (SSSR count). The van der Waals surface area contributed by atoms with E-state index in [1.54, 1.807) is 18.2 Å². The largest absolute Gasteiger partial charge is 0.493 e. The summed E-state index contributed by atoms with van der Waals surface area (Å²) in [4.78, 5) is 11.6. The zero-order valence-corrected chi connectivity index (χ0v) is 22.0. The zero-order valence-electron chi connectivity index (χ0n) is 21.1. The molecule has 3 aromatic rings. The van der Waals surface area contributed by atoms with Crippen molar-refractivity contribution in [3.63, 3.8) is 0 Å². The fourth-order valence-electron chi connectivity index (χ4n) is 3.87. The lowest BCUT2D eigenvalue weighted by atomic mass is 10.0. The minimum Gasteiger partial charge on any atom is -0.493 e. The van der Waals surface area contributed by atoms with E-state index in [-0.39, 0.29) is 5.56 Å². The van der Waals surface area contributed by atoms with Gasteiger partial charge in [-0.1, -0.05) is 38.5 Å². The predicted octanol–water partition coefficient (Wildman–Crippen LogP) is 6.82. The van der Waals surface area contributed by atoms with Crippen LogP contribution in [0, 0.1) is 5.41 Å². The average Bonchev–Trinajstić information content (AvgIpc) is 2.91. The van der Waals surface area contributed by atoms with Crippen LogP contribution < -0.4 is 14.2 Å². The van der Waals surface area contributed by atoms with Gasteiger partial charge < -0.3 is 24.7 Å². The van der Waals surface area contributed by atoms with Gasteiger partial charge in [0.1, 0.15) is 28.6 Å². The Hall–Kier alpha value is -3.78. The summed E-state index contributed by atoms with van der Waals surface area (Å²) in [6, 6.07) is 17.9. The van der Waals surface area contributed by atoms with Gasteiger partial charge in [-0.3, -0.25) is 0 Å². The normalized spacial score (nSPS) is 11.2. The summed E-state index contributed by atoms with van der Waals surface area (Å²) < 4.78 is 22.0. The van der Waals surface area contributed by atoms with Crippen LogP contribution in [0.2, 0.25) is 0 Å². The zero-order chi connectivity index (χ0) is 26.6. The number of hydrogen-bond acceptors (Lipinski definition) is 7. The molecule has 0 fully saturated rings. The molecule has 0 spiro atoms. The Kier molecular flexibility index (Phi) is 10.6. The van der Waals surface area contributed by atoms with Gasteiger partial charge >= 0.3 is 5.97 Å². The maximum absolute atomic E-state index is 11.6. The molecule has 0 amide bonds. The van der Waals surface area contributed by atoms with E-state index in [1.807, 2.05) is 36.4 Å². The molecular weight excluding hydrogens is 488 g/mol. The summed E-state index contributed by atoms with van der Waals surface area (Å²) in [5.74, 6) is 1.37. The Balaban J connectivity index is 1.64. The van der Waals surface area contributed by atoms with Gasteiger partial charge in [0.2, 0.25) is 0 Å². The lowest BCUT2D eigenvalue weighted by Gasteiger charge is -2.17. The molecule has 0 aliphatic carbocycles. The van der Waals surface area contributed by atoms with Crippen molar-refractivity contribution in [2.75, 3.05) is 13.2 Å². The first-order valence-corrected chi connectivity index (χ1v) is 12.7. The number of carbonyl (C=O) groups is 1. The van der Waals surface area contributed by atoms with E-state index in [2.05, 4.69) is 31.1 Å². The van der Waals surface area contributed by atoms with Crippen LogP contribution in [0.15, 0.2) is 65.1 Å². The van der Waals surface area contributed by atoms with E-state index < -0.39 is 5.97 Å². The van der Waals surface area contributed by atoms with Crippen LogP contribution in [0.4, 0.5) is 0 Å². The molecule has 0 aliphatic rings. The molecule has 0 saturated carbocycles. The second-order valence-electron chi connectivity index (χ2n) is 8.24. The number of benzene rings is 3. The summed E-state index contributed by atoms with van der Waals surface area (Å²) in [5.41, 5.74) is 3.38. The van der Waals surface area contributed by atoms with Gasteiger partial charge in [-0.15, -0.1) is 0 Å². The molecule has 194 valence electrons. The summed E-state index contributed by atoms with van der Waals surface area (Å²) in [6.45, 7) is 5.06. The Labute approximate surface area is 223 Å². The Morgan fingerprint density at radius 1 is 0.973 bits per heavy atom. The van der Waals surface area contributed by atoms with Crippen molar-refractivity contribution in [2.24, 2.45) is 4.40 Å². The minimum absolute atomic E-state index is 0.111. The fourth-order valence-corrected chi connectivity index (χ4v) is 4.05. The highest BCUT2D eigenvalue weighted by atomic mass is 32.1. The fraction of sp³-hybridized carbons (Fsp3) is 0.276. The number of nitrogens with zero attached hydrogens (tertiary/aromatic N) is 1. The third kappa shape index (κ3) is 7.36. The van der Waals surface area contributed by atoms with Gasteiger partial charge in [0.25, 0.3) is 0 Å². The van der Waals surface area contributed by atoms with Crippen LogP contribution >= 0.6 is 12.8 Å². The molecule has 0 radical (unpaired) electrons. The van der Waals surface area contributed by atoms with E-state index in [1.165, 1.54) is 12.3 Å². The van der Waals surface area contributed by atoms with E-state index in [0.717, 1.165) is 47.5 Å². The van der Waals surface area contributed by atoms with Crippen LogP contribution in [0.3, 0.4) is 0 Å². The van der Waals surface area contributed by atoms with E-state index in [0.29, 0.717) is 36.8 Å². The maximum atomic E-state index is 11.6. The van der Waals surface area contributed by atoms with Crippen LogP contribution in [0.5, 0.6) is 23.0 Å². The first-order valence-electron chi connectivity index (χ1n) is 12.3. The van der Waals surface area contributed by atoms with Crippen molar-refractivity contribution in [3.05, 3.63) is 82.9 Å². The number of rotatable bonds is 14. The van der Waals surface area contributed by atoms with Crippen molar-refractivity contribution in [1.82, 2.24) is 0 Å². The molecule has 0 heterocycles. The standard InChI is InChI=1S/C29H32N2O5S/c1-3-9-22-26(12-7-13-27(22)36-28-11-6-5-10-23(28)29(32)33)35-17-8-16-34-25-15-14-21(18-20(25)4-2)24(19-30)31-37/h5-7,10-15,18-19,30,37H,3-4,8-9,16-17H2,1-2H3,(H,32,33)/b30-19?,31-24+. The molecule has 0 saturated heterocycles. The van der Waals surface area contributed by atoms with Crippen molar-refractivity contribution < 1.29 is 24.1 Å². The van der Waals surface area contributed by atoms with Crippen molar-refractivity contribution in [3.8, 4) is 23.0 Å². The molecule has 0 unspecified atom stereocenters. The SMILES string of the molecule is CCCc1c(OCCCOc2ccc(/C(C=N)=N/S)cc2CC)cccc1Oc1ccccc1C(=O)O. The molecule has 0 aliphatic heterocycles. The smallest absolute Gasteiger partial charge is 0.339 e. The molecule has 7 nitrogen and oxygen atoms in total. The van der Waals surface area contributed by atoms with Crippen molar-refractivity contribution >= 4 is 30.7 Å². The molecular formula is C29H32N2O5S. The van der Waals surface area contributed by atoms with Gasteiger partial charge in [0, 0.05) is 23.8 Å². The number of carboxylic acid groups (broad SMARTS) is 1. The number of hydrogen-bond donors (Lipinski definition) is 3. The monoisotopic (exact) mass is 520 g/mol. The van der Waals surface area contributed by atoms with Crippen LogP contribution in [0.1, 0.15) is 53.7 Å². The molecule has 3 aromatic carbocycles. The Morgan fingerprint density at radius 3 is 2.35 bits per heavy atom. The maximum Gasteiger partial charge on any atom is 0.339 e. The lowest BCUT2D eigenvalue weighted by molar-refractivity contribution is 0.0694. The first kappa shape index (κ1) is 27.8. The number of thiol groups is 1. The minimum atomic E-state index is -1.04. The number of carboxylic acids is 1. The Morgan fingerprint density at radius 2 is 1.68 bits per heavy atom. The number of nitrogens with one attached hydrogen (secondary N) is 1. The second-order valence-corrected chi connectivity index (χ2v) is 8.44.